The lowest BCUT2D eigenvalue weighted by Gasteiger charge is -2.36. The predicted molar refractivity (Wildman–Crippen MR) is 128 cm³/mol. The monoisotopic (exact) mass is 432 g/mol. The van der Waals surface area contributed by atoms with Crippen LogP contribution in [0.1, 0.15) is 86.5 Å². The van der Waals surface area contributed by atoms with Gasteiger partial charge in [0.2, 0.25) is 5.91 Å². The highest BCUT2D eigenvalue weighted by molar-refractivity contribution is 5.95. The van der Waals surface area contributed by atoms with Gasteiger partial charge in [-0.3, -0.25) is 14.6 Å². The van der Waals surface area contributed by atoms with E-state index < -0.39 is 0 Å². The fraction of sp³-hybridized carbons (Fsp3) is 0.593. The fourth-order valence-corrected chi connectivity index (χ4v) is 5.98. The first-order chi connectivity index (χ1) is 15.7. The minimum atomic E-state index is 0.213. The number of hydrogen-bond donors (Lipinski definition) is 0. The lowest BCUT2D eigenvalue weighted by atomic mass is 9.93. The highest BCUT2D eigenvalue weighted by atomic mass is 16.2. The van der Waals surface area contributed by atoms with Gasteiger partial charge in [0, 0.05) is 30.3 Å². The van der Waals surface area contributed by atoms with Crippen LogP contribution in [0.2, 0.25) is 0 Å². The van der Waals surface area contributed by atoms with E-state index in [1.165, 1.54) is 49.7 Å². The van der Waals surface area contributed by atoms with Crippen LogP contribution in [0.3, 0.4) is 0 Å². The molecule has 32 heavy (non-hydrogen) atoms. The van der Waals surface area contributed by atoms with Gasteiger partial charge in [0.05, 0.1) is 6.04 Å². The standard InChI is InChI=1S/C27H36N4O/c1-20-23-16-17-25(32)31(19-8-12-21-10-4-2-5-11-21)27(23)29-26(28-20)24-15-9-18-30(24)22-13-6-3-7-14-22/h2,4-5,10-11,22,24H,3,6-9,12-19H2,1H3. The van der Waals surface area contributed by atoms with Crippen molar-refractivity contribution in [2.45, 2.75) is 89.6 Å². The Balaban J connectivity index is 1.37. The van der Waals surface area contributed by atoms with Crippen molar-refractivity contribution >= 4 is 11.7 Å². The second-order valence-electron chi connectivity index (χ2n) is 9.79. The number of anilines is 1. The number of rotatable bonds is 6. The molecule has 5 heteroatoms. The third-order valence-electron chi connectivity index (χ3n) is 7.68. The molecule has 2 aromatic rings. The zero-order valence-corrected chi connectivity index (χ0v) is 19.4. The molecular weight excluding hydrogens is 396 g/mol. The first-order valence-electron chi connectivity index (χ1n) is 12.7. The summed E-state index contributed by atoms with van der Waals surface area (Å²) in [5.74, 6) is 2.06. The molecule has 1 atom stereocenters. The highest BCUT2D eigenvalue weighted by Crippen LogP contribution is 2.38. The minimum Gasteiger partial charge on any atom is -0.296 e. The third-order valence-corrected chi connectivity index (χ3v) is 7.68. The van der Waals surface area contributed by atoms with Crippen LogP contribution in [-0.4, -0.2) is 39.9 Å². The number of fused-ring (bicyclic) bond motifs is 1. The average molecular weight is 433 g/mol. The first kappa shape index (κ1) is 21.6. The van der Waals surface area contributed by atoms with Gasteiger partial charge < -0.3 is 0 Å². The van der Waals surface area contributed by atoms with Crippen molar-refractivity contribution < 1.29 is 4.79 Å². The highest BCUT2D eigenvalue weighted by Gasteiger charge is 2.36. The van der Waals surface area contributed by atoms with E-state index in [9.17, 15) is 4.79 Å². The lowest BCUT2D eigenvalue weighted by Crippen LogP contribution is -2.39. The summed E-state index contributed by atoms with van der Waals surface area (Å²) in [6.45, 7) is 4.00. The Hall–Kier alpha value is -2.27. The molecule has 3 heterocycles. The van der Waals surface area contributed by atoms with Gasteiger partial charge in [-0.1, -0.05) is 49.6 Å². The molecule has 0 radical (unpaired) electrons. The van der Waals surface area contributed by atoms with E-state index >= 15 is 0 Å². The normalized spacial score (nSPS) is 22.3. The number of likely N-dealkylation sites (tertiary alicyclic amines) is 1. The Bertz CT molecular complexity index is 938. The van der Waals surface area contributed by atoms with Crippen molar-refractivity contribution in [2.75, 3.05) is 18.0 Å². The number of carbonyl (C=O) groups excluding carboxylic acids is 1. The fourth-order valence-electron chi connectivity index (χ4n) is 5.98. The molecule has 2 aliphatic heterocycles. The van der Waals surface area contributed by atoms with E-state index in [0.717, 1.165) is 56.1 Å². The molecule has 1 aliphatic carbocycles. The van der Waals surface area contributed by atoms with Crippen LogP contribution in [0.4, 0.5) is 5.82 Å². The Morgan fingerprint density at radius 2 is 1.78 bits per heavy atom. The molecule has 1 saturated carbocycles. The van der Waals surface area contributed by atoms with Crippen molar-refractivity contribution in [3.05, 3.63) is 53.0 Å². The molecule has 0 N–H and O–H groups in total. The first-order valence-corrected chi connectivity index (χ1v) is 12.7. The number of amides is 1. The number of hydrogen-bond acceptors (Lipinski definition) is 4. The number of nitrogens with zero attached hydrogens (tertiary/aromatic N) is 4. The summed E-state index contributed by atoms with van der Waals surface area (Å²) in [5.41, 5.74) is 3.57. The van der Waals surface area contributed by atoms with E-state index in [4.69, 9.17) is 9.97 Å². The molecule has 1 unspecified atom stereocenters. The van der Waals surface area contributed by atoms with Crippen molar-refractivity contribution in [3.63, 3.8) is 0 Å². The van der Waals surface area contributed by atoms with Crippen LogP contribution in [0.15, 0.2) is 30.3 Å². The van der Waals surface area contributed by atoms with Gasteiger partial charge in [-0.2, -0.15) is 0 Å². The number of aromatic nitrogens is 2. The summed E-state index contributed by atoms with van der Waals surface area (Å²) in [5, 5.41) is 0. The summed E-state index contributed by atoms with van der Waals surface area (Å²) >= 11 is 0. The summed E-state index contributed by atoms with van der Waals surface area (Å²) in [6.07, 6.45) is 12.3. The van der Waals surface area contributed by atoms with E-state index in [0.29, 0.717) is 18.5 Å². The topological polar surface area (TPSA) is 49.3 Å². The summed E-state index contributed by atoms with van der Waals surface area (Å²) < 4.78 is 0. The van der Waals surface area contributed by atoms with Crippen molar-refractivity contribution in [1.29, 1.82) is 0 Å². The zero-order valence-electron chi connectivity index (χ0n) is 19.4. The van der Waals surface area contributed by atoms with E-state index in [1.54, 1.807) is 0 Å². The zero-order chi connectivity index (χ0) is 21.9. The molecule has 3 aliphatic rings. The number of carbonyl (C=O) groups is 1. The van der Waals surface area contributed by atoms with Crippen LogP contribution < -0.4 is 4.90 Å². The molecule has 170 valence electrons. The van der Waals surface area contributed by atoms with Gasteiger partial charge in [-0.05, 0) is 64.0 Å². The molecule has 0 spiro atoms. The summed E-state index contributed by atoms with van der Waals surface area (Å²) in [4.78, 5) is 27.7. The van der Waals surface area contributed by atoms with E-state index in [-0.39, 0.29) is 5.91 Å². The molecule has 1 saturated heterocycles. The van der Waals surface area contributed by atoms with Crippen LogP contribution in [-0.2, 0) is 17.6 Å². The second-order valence-corrected chi connectivity index (χ2v) is 9.79. The molecule has 5 nitrogen and oxygen atoms in total. The lowest BCUT2D eigenvalue weighted by molar-refractivity contribution is -0.119. The maximum absolute atomic E-state index is 12.9. The van der Waals surface area contributed by atoms with Gasteiger partial charge in [0.1, 0.15) is 11.6 Å². The molecule has 1 aromatic carbocycles. The Kier molecular flexibility index (Phi) is 6.54. The molecule has 1 amide bonds. The van der Waals surface area contributed by atoms with Gasteiger partial charge in [0.15, 0.2) is 0 Å². The Labute approximate surface area is 192 Å². The van der Waals surface area contributed by atoms with Crippen LogP contribution in [0, 0.1) is 6.92 Å². The van der Waals surface area contributed by atoms with Crippen molar-refractivity contribution in [2.24, 2.45) is 0 Å². The maximum atomic E-state index is 12.9. The van der Waals surface area contributed by atoms with Gasteiger partial charge in [-0.15, -0.1) is 0 Å². The van der Waals surface area contributed by atoms with Crippen molar-refractivity contribution in [1.82, 2.24) is 14.9 Å². The Morgan fingerprint density at radius 1 is 0.969 bits per heavy atom. The minimum absolute atomic E-state index is 0.213. The third kappa shape index (κ3) is 4.45. The molecule has 5 rings (SSSR count). The van der Waals surface area contributed by atoms with Crippen LogP contribution in [0.25, 0.3) is 0 Å². The SMILES string of the molecule is Cc1nc(C2CCCN2C2CCCCC2)nc2c1CCC(=O)N2CCCc1ccccc1. The second kappa shape index (κ2) is 9.70. The van der Waals surface area contributed by atoms with Gasteiger partial charge in [0.25, 0.3) is 0 Å². The molecule has 1 aromatic heterocycles. The van der Waals surface area contributed by atoms with Gasteiger partial charge >= 0.3 is 0 Å². The number of aryl methyl sites for hydroxylation is 2. The predicted octanol–water partition coefficient (Wildman–Crippen LogP) is 5.17. The number of benzene rings is 1. The summed E-state index contributed by atoms with van der Waals surface area (Å²) in [6, 6.07) is 11.5. The Morgan fingerprint density at radius 3 is 2.59 bits per heavy atom. The molecule has 0 bridgehead atoms. The van der Waals surface area contributed by atoms with Crippen LogP contribution in [0.5, 0.6) is 0 Å². The maximum Gasteiger partial charge on any atom is 0.228 e. The largest absolute Gasteiger partial charge is 0.296 e. The van der Waals surface area contributed by atoms with Crippen LogP contribution >= 0.6 is 0 Å². The summed E-state index contributed by atoms with van der Waals surface area (Å²) in [7, 11) is 0. The van der Waals surface area contributed by atoms with Crippen molar-refractivity contribution in [3.8, 4) is 0 Å². The van der Waals surface area contributed by atoms with E-state index in [1.807, 2.05) is 4.90 Å². The quantitative estimate of drug-likeness (QED) is 0.632. The molecule has 2 fully saturated rings. The molecular formula is C27H36N4O. The smallest absolute Gasteiger partial charge is 0.228 e. The van der Waals surface area contributed by atoms with Gasteiger partial charge in [-0.25, -0.2) is 9.97 Å². The average Bonchev–Trinajstić information content (AvgIpc) is 3.32. The van der Waals surface area contributed by atoms with E-state index in [2.05, 4.69) is 42.2 Å².